The highest BCUT2D eigenvalue weighted by molar-refractivity contribution is 5.71. The third-order valence-electron chi connectivity index (χ3n) is 14.8. The molecule has 438 valence electrons. The van der Waals surface area contributed by atoms with Crippen molar-refractivity contribution in [1.29, 1.82) is 0 Å². The Morgan fingerprint density at radius 2 is 0.507 bits per heavy atom. The van der Waals surface area contributed by atoms with Gasteiger partial charge < -0.3 is 14.2 Å². The van der Waals surface area contributed by atoms with Gasteiger partial charge in [-0.2, -0.15) is 0 Å². The molecule has 0 rings (SSSR count). The zero-order valence-electron chi connectivity index (χ0n) is 50.3. The Kier molecular flexibility index (Phi) is 61.7. The first kappa shape index (κ1) is 72.4. The second kappa shape index (κ2) is 63.9. The van der Waals surface area contributed by atoms with E-state index >= 15 is 0 Å². The standard InChI is InChI=1S/C69H126O6/c1-4-7-10-13-16-19-22-24-26-27-28-29-30-31-32-33-34-35-36-37-38-39-40-41-42-43-44-46-47-50-53-56-59-62-68(71)74-65-66(64-73-67(70)61-58-55-52-49-21-18-15-12-9-6-3)75-69(72)63-60-57-54-51-48-45-25-23-20-17-14-11-8-5-2/h12,15,22-25,27-28,66H,4-11,13-14,16-21,26,29-65H2,1-3H3/b15-12-,24-22-,25-23-,28-27-. The van der Waals surface area contributed by atoms with Gasteiger partial charge in [-0.1, -0.05) is 288 Å². The Morgan fingerprint density at radius 1 is 0.267 bits per heavy atom. The van der Waals surface area contributed by atoms with Crippen LogP contribution in [0.1, 0.15) is 355 Å². The van der Waals surface area contributed by atoms with Gasteiger partial charge in [0.05, 0.1) is 0 Å². The van der Waals surface area contributed by atoms with Crippen molar-refractivity contribution in [3.8, 4) is 0 Å². The second-order valence-corrected chi connectivity index (χ2v) is 22.4. The zero-order chi connectivity index (χ0) is 54.3. The van der Waals surface area contributed by atoms with Crippen LogP contribution in [-0.2, 0) is 28.6 Å². The van der Waals surface area contributed by atoms with Gasteiger partial charge in [-0.05, 0) is 96.3 Å². The quantitative estimate of drug-likeness (QED) is 0.0261. The summed E-state index contributed by atoms with van der Waals surface area (Å²) in [6.07, 6.45) is 80.1. The monoisotopic (exact) mass is 1050 g/mol. The van der Waals surface area contributed by atoms with Crippen molar-refractivity contribution in [2.24, 2.45) is 0 Å². The number of carbonyl (C=O) groups excluding carboxylic acids is 3. The van der Waals surface area contributed by atoms with Gasteiger partial charge in [0, 0.05) is 19.3 Å². The smallest absolute Gasteiger partial charge is 0.306 e. The molecule has 0 aromatic heterocycles. The second-order valence-electron chi connectivity index (χ2n) is 22.4. The molecule has 0 aliphatic rings. The Balaban J connectivity index is 4.03. The average molecular weight is 1050 g/mol. The van der Waals surface area contributed by atoms with Crippen LogP contribution < -0.4 is 0 Å². The summed E-state index contributed by atoms with van der Waals surface area (Å²) < 4.78 is 16.9. The van der Waals surface area contributed by atoms with E-state index in [-0.39, 0.29) is 31.1 Å². The van der Waals surface area contributed by atoms with Crippen LogP contribution in [0.25, 0.3) is 0 Å². The summed E-state index contributed by atoms with van der Waals surface area (Å²) in [6, 6.07) is 0. The molecule has 0 spiro atoms. The van der Waals surface area contributed by atoms with Gasteiger partial charge in [0.15, 0.2) is 6.10 Å². The molecule has 1 unspecified atom stereocenters. The molecule has 0 N–H and O–H groups in total. The van der Waals surface area contributed by atoms with Gasteiger partial charge in [-0.25, -0.2) is 0 Å². The molecule has 0 aromatic rings. The third kappa shape index (κ3) is 62.1. The topological polar surface area (TPSA) is 78.9 Å². The summed E-state index contributed by atoms with van der Waals surface area (Å²) in [5.74, 6) is -0.878. The number of carbonyl (C=O) groups is 3. The van der Waals surface area contributed by atoms with E-state index in [1.807, 2.05) is 0 Å². The van der Waals surface area contributed by atoms with Crippen molar-refractivity contribution in [3.63, 3.8) is 0 Å². The molecule has 75 heavy (non-hydrogen) atoms. The number of ether oxygens (including phenoxy) is 3. The first-order chi connectivity index (χ1) is 37.0. The first-order valence-electron chi connectivity index (χ1n) is 33.1. The van der Waals surface area contributed by atoms with Gasteiger partial charge in [0.1, 0.15) is 13.2 Å². The maximum Gasteiger partial charge on any atom is 0.306 e. The zero-order valence-corrected chi connectivity index (χ0v) is 50.3. The lowest BCUT2D eigenvalue weighted by Gasteiger charge is -2.18. The van der Waals surface area contributed by atoms with Crippen LogP contribution in [0, 0.1) is 0 Å². The molecule has 6 heteroatoms. The number of hydrogen-bond donors (Lipinski definition) is 0. The molecule has 0 aliphatic heterocycles. The van der Waals surface area contributed by atoms with Gasteiger partial charge in [0.25, 0.3) is 0 Å². The Bertz CT molecular complexity index is 1300. The van der Waals surface area contributed by atoms with Crippen molar-refractivity contribution in [3.05, 3.63) is 48.6 Å². The van der Waals surface area contributed by atoms with E-state index in [1.54, 1.807) is 0 Å². The summed E-state index contributed by atoms with van der Waals surface area (Å²) in [5.41, 5.74) is 0. The molecular formula is C69H126O6. The summed E-state index contributed by atoms with van der Waals surface area (Å²) in [7, 11) is 0. The van der Waals surface area contributed by atoms with Gasteiger partial charge in [-0.3, -0.25) is 14.4 Å². The summed E-state index contributed by atoms with van der Waals surface area (Å²) in [6.45, 7) is 6.58. The molecule has 6 nitrogen and oxygen atoms in total. The molecule has 1 atom stereocenters. The van der Waals surface area contributed by atoms with Crippen LogP contribution in [0.3, 0.4) is 0 Å². The molecule has 0 amide bonds. The minimum atomic E-state index is -0.778. The first-order valence-corrected chi connectivity index (χ1v) is 33.1. The summed E-state index contributed by atoms with van der Waals surface area (Å²) in [4.78, 5) is 38.1. The maximum absolute atomic E-state index is 12.8. The SMILES string of the molecule is CCC/C=C\CCCCCCCC(=O)OCC(COC(=O)CCCCCCCCCCCCCCCCCCCCCCC/C=C\C/C=C\CCCCCCC)OC(=O)CCCCCCC/C=C\CCCCCCC. The van der Waals surface area contributed by atoms with Gasteiger partial charge in [0.2, 0.25) is 0 Å². The van der Waals surface area contributed by atoms with Crippen molar-refractivity contribution in [2.75, 3.05) is 13.2 Å². The van der Waals surface area contributed by atoms with E-state index in [2.05, 4.69) is 69.4 Å². The normalized spacial score (nSPS) is 12.3. The molecule has 0 saturated carbocycles. The van der Waals surface area contributed by atoms with E-state index in [0.29, 0.717) is 19.3 Å². The van der Waals surface area contributed by atoms with E-state index < -0.39 is 6.10 Å². The number of hydrogen-bond acceptors (Lipinski definition) is 6. The van der Waals surface area contributed by atoms with Crippen LogP contribution in [0.5, 0.6) is 0 Å². The largest absolute Gasteiger partial charge is 0.462 e. The van der Waals surface area contributed by atoms with Crippen molar-refractivity contribution < 1.29 is 28.6 Å². The van der Waals surface area contributed by atoms with Crippen molar-refractivity contribution in [2.45, 2.75) is 361 Å². The number of rotatable bonds is 61. The number of unbranched alkanes of at least 4 members (excludes halogenated alkanes) is 42. The molecular weight excluding hydrogens is 925 g/mol. The van der Waals surface area contributed by atoms with Gasteiger partial charge >= 0.3 is 17.9 Å². The molecule has 0 aliphatic carbocycles. The lowest BCUT2D eigenvalue weighted by molar-refractivity contribution is -0.167. The van der Waals surface area contributed by atoms with Crippen LogP contribution in [-0.4, -0.2) is 37.2 Å². The fourth-order valence-corrected chi connectivity index (χ4v) is 9.77. The van der Waals surface area contributed by atoms with E-state index in [0.717, 1.165) is 83.5 Å². The van der Waals surface area contributed by atoms with Crippen molar-refractivity contribution >= 4 is 17.9 Å². The summed E-state index contributed by atoms with van der Waals surface area (Å²) >= 11 is 0. The Labute approximate surface area is 467 Å². The van der Waals surface area contributed by atoms with E-state index in [4.69, 9.17) is 14.2 Å². The highest BCUT2D eigenvalue weighted by Gasteiger charge is 2.19. The van der Waals surface area contributed by atoms with E-state index in [9.17, 15) is 14.4 Å². The number of esters is 3. The highest BCUT2D eigenvalue weighted by Crippen LogP contribution is 2.17. The molecule has 0 aromatic carbocycles. The molecule has 0 fully saturated rings. The lowest BCUT2D eigenvalue weighted by Crippen LogP contribution is -2.30. The van der Waals surface area contributed by atoms with Gasteiger partial charge in [-0.15, -0.1) is 0 Å². The fourth-order valence-electron chi connectivity index (χ4n) is 9.77. The fraction of sp³-hybridized carbons (Fsp3) is 0.841. The maximum atomic E-state index is 12.8. The summed E-state index contributed by atoms with van der Waals surface area (Å²) in [5, 5.41) is 0. The molecule has 0 bridgehead atoms. The third-order valence-corrected chi connectivity index (χ3v) is 14.8. The predicted molar refractivity (Wildman–Crippen MR) is 325 cm³/mol. The number of allylic oxidation sites excluding steroid dienone is 8. The molecule has 0 saturated heterocycles. The Morgan fingerprint density at radius 3 is 0.800 bits per heavy atom. The minimum Gasteiger partial charge on any atom is -0.462 e. The molecule has 0 radical (unpaired) electrons. The highest BCUT2D eigenvalue weighted by atomic mass is 16.6. The van der Waals surface area contributed by atoms with Crippen LogP contribution >= 0.6 is 0 Å². The molecule has 0 heterocycles. The average Bonchev–Trinajstić information content (AvgIpc) is 3.41. The Hall–Kier alpha value is -2.63. The van der Waals surface area contributed by atoms with Crippen LogP contribution in [0.4, 0.5) is 0 Å². The van der Waals surface area contributed by atoms with E-state index in [1.165, 1.54) is 231 Å². The van der Waals surface area contributed by atoms with Crippen LogP contribution in [0.2, 0.25) is 0 Å². The predicted octanol–water partition coefficient (Wildman–Crippen LogP) is 22.6. The van der Waals surface area contributed by atoms with Crippen molar-refractivity contribution in [1.82, 2.24) is 0 Å². The van der Waals surface area contributed by atoms with Crippen LogP contribution in [0.15, 0.2) is 48.6 Å². The lowest BCUT2D eigenvalue weighted by atomic mass is 10.0. The minimum absolute atomic E-state index is 0.0754.